The van der Waals surface area contributed by atoms with E-state index < -0.39 is 0 Å². The van der Waals surface area contributed by atoms with Gasteiger partial charge in [-0.2, -0.15) is 0 Å². The molecule has 0 spiro atoms. The van der Waals surface area contributed by atoms with E-state index in [-0.39, 0.29) is 13.2 Å². The Labute approximate surface area is 145 Å². The first kappa shape index (κ1) is 15.7. The first-order valence-corrected chi connectivity index (χ1v) is 8.34. The third-order valence-electron chi connectivity index (χ3n) is 4.35. The van der Waals surface area contributed by atoms with Gasteiger partial charge in [0, 0.05) is 19.2 Å². The van der Waals surface area contributed by atoms with Crippen LogP contribution in [0.15, 0.2) is 54.4 Å². The lowest BCUT2D eigenvalue weighted by atomic mass is 10.2. The highest BCUT2D eigenvalue weighted by atomic mass is 16.3. The van der Waals surface area contributed by atoms with Gasteiger partial charge in [-0.15, -0.1) is 0 Å². The Morgan fingerprint density at radius 2 is 1.72 bits per heavy atom. The van der Waals surface area contributed by atoms with Crippen molar-refractivity contribution < 1.29 is 10.2 Å². The number of hydrogen-bond donors (Lipinski definition) is 3. The van der Waals surface area contributed by atoms with Gasteiger partial charge in [0.05, 0.1) is 35.6 Å². The topological polar surface area (TPSA) is 73.5 Å². The maximum Gasteiger partial charge on any atom is 0.137 e. The molecule has 1 aliphatic rings. The van der Waals surface area contributed by atoms with Gasteiger partial charge >= 0.3 is 0 Å². The zero-order valence-corrected chi connectivity index (χ0v) is 13.8. The molecule has 2 heterocycles. The van der Waals surface area contributed by atoms with E-state index in [4.69, 9.17) is 4.98 Å². The standard InChI is InChI=1S/C19H20N4O2/c24-11-9-22-16-7-3-1-5-14(16)20-18(22)13-19-21-15-6-2-4-8-17(15)23(19)10-12-25/h1-8,13,20,24-25H,9-12H2/b18-13+. The minimum Gasteiger partial charge on any atom is -0.395 e. The van der Waals surface area contributed by atoms with E-state index in [1.165, 1.54) is 0 Å². The molecule has 1 aliphatic heterocycles. The van der Waals surface area contributed by atoms with Crippen LogP contribution in [0.25, 0.3) is 17.1 Å². The van der Waals surface area contributed by atoms with Crippen LogP contribution < -0.4 is 10.2 Å². The number of rotatable bonds is 5. The quantitative estimate of drug-likeness (QED) is 0.666. The number of aromatic nitrogens is 2. The molecule has 0 saturated carbocycles. The molecular formula is C19H20N4O2. The van der Waals surface area contributed by atoms with Crippen LogP contribution in [-0.4, -0.2) is 39.5 Å². The Hall–Kier alpha value is -2.83. The summed E-state index contributed by atoms with van der Waals surface area (Å²) in [6.07, 6.45) is 1.96. The van der Waals surface area contributed by atoms with Crippen LogP contribution in [0.2, 0.25) is 0 Å². The molecule has 0 fully saturated rings. The van der Waals surface area contributed by atoms with Gasteiger partial charge in [-0.25, -0.2) is 4.98 Å². The molecule has 0 aliphatic carbocycles. The molecule has 6 heteroatoms. The van der Waals surface area contributed by atoms with Crippen LogP contribution in [0, 0.1) is 0 Å². The van der Waals surface area contributed by atoms with Gasteiger partial charge in [0.2, 0.25) is 0 Å². The number of β-amino-alcohol motifs (C(OH)–C–C–N with tert-alkyl or cyclic N) is 1. The summed E-state index contributed by atoms with van der Waals surface area (Å²) in [7, 11) is 0. The van der Waals surface area contributed by atoms with Gasteiger partial charge in [0.15, 0.2) is 0 Å². The van der Waals surface area contributed by atoms with Crippen LogP contribution in [0.3, 0.4) is 0 Å². The highest BCUT2D eigenvalue weighted by molar-refractivity contribution is 5.85. The predicted molar refractivity (Wildman–Crippen MR) is 99.3 cm³/mol. The molecule has 0 bridgehead atoms. The average molecular weight is 336 g/mol. The fraction of sp³-hybridized carbons (Fsp3) is 0.211. The van der Waals surface area contributed by atoms with Gasteiger partial charge in [-0.3, -0.25) is 0 Å². The Kier molecular flexibility index (Phi) is 4.13. The largest absolute Gasteiger partial charge is 0.395 e. The van der Waals surface area contributed by atoms with Gasteiger partial charge in [-0.1, -0.05) is 24.3 Å². The molecule has 0 saturated heterocycles. The lowest BCUT2D eigenvalue weighted by Gasteiger charge is -2.18. The van der Waals surface area contributed by atoms with Crippen molar-refractivity contribution in [2.75, 3.05) is 30.0 Å². The lowest BCUT2D eigenvalue weighted by Crippen LogP contribution is -2.24. The highest BCUT2D eigenvalue weighted by Gasteiger charge is 2.23. The van der Waals surface area contributed by atoms with E-state index in [1.54, 1.807) is 0 Å². The molecule has 3 aromatic rings. The Morgan fingerprint density at radius 1 is 0.960 bits per heavy atom. The third-order valence-corrected chi connectivity index (χ3v) is 4.35. The van der Waals surface area contributed by atoms with Crippen molar-refractivity contribution >= 4 is 28.5 Å². The molecule has 128 valence electrons. The smallest absolute Gasteiger partial charge is 0.137 e. The summed E-state index contributed by atoms with van der Waals surface area (Å²) in [5.41, 5.74) is 3.93. The summed E-state index contributed by atoms with van der Waals surface area (Å²) in [6, 6.07) is 15.9. The van der Waals surface area contributed by atoms with Gasteiger partial charge in [0.1, 0.15) is 11.6 Å². The van der Waals surface area contributed by atoms with E-state index in [1.807, 2.05) is 64.1 Å². The molecular weight excluding hydrogens is 316 g/mol. The maximum atomic E-state index is 9.44. The summed E-state index contributed by atoms with van der Waals surface area (Å²) >= 11 is 0. The SMILES string of the molecule is OCCN1/C(=C/c2nc3ccccc3n2CCO)Nc2ccccc21. The lowest BCUT2D eigenvalue weighted by molar-refractivity contribution is 0.277. The number of anilines is 2. The zero-order chi connectivity index (χ0) is 17.2. The molecule has 4 rings (SSSR count). The number of benzene rings is 2. The van der Waals surface area contributed by atoms with Crippen molar-refractivity contribution in [3.05, 3.63) is 60.2 Å². The van der Waals surface area contributed by atoms with Crippen LogP contribution in [0.1, 0.15) is 5.82 Å². The predicted octanol–water partition coefficient (Wildman–Crippen LogP) is 2.25. The summed E-state index contributed by atoms with van der Waals surface area (Å²) < 4.78 is 2.00. The van der Waals surface area contributed by atoms with Gasteiger partial charge in [0.25, 0.3) is 0 Å². The van der Waals surface area contributed by atoms with Gasteiger partial charge in [-0.05, 0) is 24.3 Å². The number of imidazole rings is 1. The first-order chi connectivity index (χ1) is 12.3. The Balaban J connectivity index is 1.80. The molecule has 6 nitrogen and oxygen atoms in total. The number of aliphatic hydroxyl groups is 2. The van der Waals surface area contributed by atoms with E-state index in [0.29, 0.717) is 13.1 Å². The molecule has 2 aromatic carbocycles. The maximum absolute atomic E-state index is 9.44. The van der Waals surface area contributed by atoms with E-state index in [2.05, 4.69) is 5.32 Å². The fourth-order valence-corrected chi connectivity index (χ4v) is 3.27. The Bertz CT molecular complexity index is 932. The van der Waals surface area contributed by atoms with Gasteiger partial charge < -0.3 is 25.0 Å². The number of fused-ring (bicyclic) bond motifs is 2. The molecule has 1 aromatic heterocycles. The number of para-hydroxylation sites is 4. The normalized spacial score (nSPS) is 15.0. The molecule has 0 amide bonds. The number of nitrogens with one attached hydrogen (secondary N) is 1. The molecule has 0 unspecified atom stereocenters. The second-order valence-corrected chi connectivity index (χ2v) is 5.88. The van der Waals surface area contributed by atoms with Crippen molar-refractivity contribution in [1.29, 1.82) is 0 Å². The zero-order valence-electron chi connectivity index (χ0n) is 13.8. The average Bonchev–Trinajstić information content (AvgIpc) is 3.15. The van der Waals surface area contributed by atoms with Crippen molar-refractivity contribution in [2.45, 2.75) is 6.54 Å². The van der Waals surface area contributed by atoms with Crippen LogP contribution in [0.5, 0.6) is 0 Å². The number of aliphatic hydroxyl groups excluding tert-OH is 2. The third kappa shape index (κ3) is 2.75. The van der Waals surface area contributed by atoms with Crippen molar-refractivity contribution in [3.8, 4) is 0 Å². The summed E-state index contributed by atoms with van der Waals surface area (Å²) in [6.45, 7) is 1.08. The molecule has 3 N–H and O–H groups in total. The highest BCUT2D eigenvalue weighted by Crippen LogP contribution is 2.36. The fourth-order valence-electron chi connectivity index (χ4n) is 3.27. The first-order valence-electron chi connectivity index (χ1n) is 8.34. The second kappa shape index (κ2) is 6.58. The monoisotopic (exact) mass is 336 g/mol. The van der Waals surface area contributed by atoms with Crippen LogP contribution in [-0.2, 0) is 6.54 Å². The van der Waals surface area contributed by atoms with Crippen molar-refractivity contribution in [3.63, 3.8) is 0 Å². The minimum atomic E-state index is 0.0462. The van der Waals surface area contributed by atoms with Crippen molar-refractivity contribution in [2.24, 2.45) is 0 Å². The Morgan fingerprint density at radius 3 is 2.56 bits per heavy atom. The van der Waals surface area contributed by atoms with E-state index in [9.17, 15) is 10.2 Å². The number of nitrogens with zero attached hydrogens (tertiary/aromatic N) is 3. The molecule has 25 heavy (non-hydrogen) atoms. The van der Waals surface area contributed by atoms with Crippen LogP contribution >= 0.6 is 0 Å². The van der Waals surface area contributed by atoms with Crippen molar-refractivity contribution in [1.82, 2.24) is 9.55 Å². The number of hydrogen-bond acceptors (Lipinski definition) is 5. The van der Waals surface area contributed by atoms with E-state index in [0.717, 1.165) is 34.1 Å². The molecule has 0 radical (unpaired) electrons. The second-order valence-electron chi connectivity index (χ2n) is 5.88. The van der Waals surface area contributed by atoms with Crippen LogP contribution in [0.4, 0.5) is 11.4 Å². The molecule has 0 atom stereocenters. The summed E-state index contributed by atoms with van der Waals surface area (Å²) in [4.78, 5) is 6.74. The van der Waals surface area contributed by atoms with E-state index >= 15 is 0 Å². The summed E-state index contributed by atoms with van der Waals surface area (Å²) in [5, 5.41) is 22.3. The summed E-state index contributed by atoms with van der Waals surface area (Å²) in [5.74, 6) is 1.64. The minimum absolute atomic E-state index is 0.0462.